The molecule has 0 radical (unpaired) electrons. The van der Waals surface area contributed by atoms with Gasteiger partial charge in [-0.3, -0.25) is 11.3 Å². The Labute approximate surface area is 130 Å². The molecule has 0 spiro atoms. The summed E-state index contributed by atoms with van der Waals surface area (Å²) >= 11 is 3.40. The Hall–Kier alpha value is -1.50. The summed E-state index contributed by atoms with van der Waals surface area (Å²) in [5.41, 5.74) is 4.09. The molecule has 0 fully saturated rings. The molecule has 0 aromatic heterocycles. The lowest BCUT2D eigenvalue weighted by molar-refractivity contribution is 0.405. The van der Waals surface area contributed by atoms with Crippen LogP contribution in [0, 0.1) is 11.6 Å². The van der Waals surface area contributed by atoms with Crippen molar-refractivity contribution in [3.05, 3.63) is 63.6 Å². The molecule has 1 atom stereocenters. The van der Waals surface area contributed by atoms with Crippen molar-refractivity contribution in [1.29, 1.82) is 0 Å². The molecule has 3 N–H and O–H groups in total. The Bertz CT molecular complexity index is 637. The average Bonchev–Trinajstić information content (AvgIpc) is 2.48. The molecule has 21 heavy (non-hydrogen) atoms. The van der Waals surface area contributed by atoms with Gasteiger partial charge in [-0.05, 0) is 47.9 Å². The van der Waals surface area contributed by atoms with E-state index in [4.69, 9.17) is 10.6 Å². The zero-order valence-corrected chi connectivity index (χ0v) is 13.0. The number of nitrogens with one attached hydrogen (secondary N) is 1. The molecule has 1 unspecified atom stereocenters. The van der Waals surface area contributed by atoms with Crippen LogP contribution in [0.2, 0.25) is 0 Å². The molecular weight excluding hydrogens is 342 g/mol. The Kier molecular flexibility index (Phi) is 5.27. The molecule has 0 amide bonds. The zero-order chi connectivity index (χ0) is 15.4. The van der Waals surface area contributed by atoms with Crippen LogP contribution in [0.15, 0.2) is 40.9 Å². The molecule has 6 heteroatoms. The molecule has 2 rings (SSSR count). The predicted octanol–water partition coefficient (Wildman–Crippen LogP) is 3.48. The first-order valence-electron chi connectivity index (χ1n) is 6.28. The second kappa shape index (κ2) is 6.98. The van der Waals surface area contributed by atoms with E-state index in [2.05, 4.69) is 21.4 Å². The molecule has 0 aliphatic rings. The summed E-state index contributed by atoms with van der Waals surface area (Å²) in [4.78, 5) is 0. The third kappa shape index (κ3) is 3.78. The summed E-state index contributed by atoms with van der Waals surface area (Å²) in [6, 6.07) is 8.99. The zero-order valence-electron chi connectivity index (χ0n) is 11.4. The summed E-state index contributed by atoms with van der Waals surface area (Å²) in [7, 11) is 1.58. The second-order valence-corrected chi connectivity index (χ2v) is 5.47. The van der Waals surface area contributed by atoms with E-state index in [0.29, 0.717) is 17.7 Å². The van der Waals surface area contributed by atoms with E-state index in [9.17, 15) is 8.78 Å². The smallest absolute Gasteiger partial charge is 0.159 e. The third-order valence-electron chi connectivity index (χ3n) is 3.21. The van der Waals surface area contributed by atoms with Crippen LogP contribution >= 0.6 is 15.9 Å². The fourth-order valence-electron chi connectivity index (χ4n) is 2.13. The number of rotatable bonds is 5. The Balaban J connectivity index is 2.30. The van der Waals surface area contributed by atoms with Crippen LogP contribution in [0.1, 0.15) is 17.2 Å². The Morgan fingerprint density at radius 2 is 1.95 bits per heavy atom. The van der Waals surface area contributed by atoms with Crippen molar-refractivity contribution in [2.24, 2.45) is 5.84 Å². The average molecular weight is 357 g/mol. The van der Waals surface area contributed by atoms with Crippen molar-refractivity contribution in [3.8, 4) is 5.75 Å². The number of nitrogens with two attached hydrogens (primary N) is 1. The first-order valence-corrected chi connectivity index (χ1v) is 7.08. The van der Waals surface area contributed by atoms with E-state index in [1.165, 1.54) is 6.07 Å². The lowest BCUT2D eigenvalue weighted by atomic mass is 9.98. The quantitative estimate of drug-likeness (QED) is 0.636. The summed E-state index contributed by atoms with van der Waals surface area (Å²) in [6.45, 7) is 0. The van der Waals surface area contributed by atoms with Crippen molar-refractivity contribution in [2.75, 3.05) is 7.11 Å². The van der Waals surface area contributed by atoms with Crippen LogP contribution in [-0.2, 0) is 6.42 Å². The lowest BCUT2D eigenvalue weighted by Crippen LogP contribution is -2.29. The van der Waals surface area contributed by atoms with Gasteiger partial charge in [-0.2, -0.15) is 0 Å². The summed E-state index contributed by atoms with van der Waals surface area (Å²) in [5.74, 6) is 4.49. The fraction of sp³-hybridized carbons (Fsp3) is 0.200. The Morgan fingerprint density at radius 1 is 1.19 bits per heavy atom. The highest BCUT2D eigenvalue weighted by molar-refractivity contribution is 9.10. The highest BCUT2D eigenvalue weighted by atomic mass is 79.9. The van der Waals surface area contributed by atoms with E-state index < -0.39 is 11.6 Å². The van der Waals surface area contributed by atoms with Crippen molar-refractivity contribution < 1.29 is 13.5 Å². The molecule has 0 aliphatic carbocycles. The monoisotopic (exact) mass is 356 g/mol. The highest BCUT2D eigenvalue weighted by Gasteiger charge is 2.15. The van der Waals surface area contributed by atoms with Gasteiger partial charge >= 0.3 is 0 Å². The number of hydrogen-bond acceptors (Lipinski definition) is 3. The van der Waals surface area contributed by atoms with Gasteiger partial charge in [0.25, 0.3) is 0 Å². The van der Waals surface area contributed by atoms with Crippen LogP contribution in [0.25, 0.3) is 0 Å². The molecule has 0 heterocycles. The molecule has 112 valence electrons. The maximum absolute atomic E-state index is 13.3. The molecule has 0 saturated heterocycles. The minimum absolute atomic E-state index is 0.358. The van der Waals surface area contributed by atoms with Gasteiger partial charge in [-0.1, -0.05) is 22.0 Å². The van der Waals surface area contributed by atoms with E-state index in [0.717, 1.165) is 22.2 Å². The first-order chi connectivity index (χ1) is 10.0. The molecule has 2 aromatic carbocycles. The van der Waals surface area contributed by atoms with E-state index in [1.54, 1.807) is 7.11 Å². The van der Waals surface area contributed by atoms with Crippen LogP contribution in [0.5, 0.6) is 5.75 Å². The molecule has 0 saturated carbocycles. The molecular formula is C15H15BrF2N2O. The minimum Gasteiger partial charge on any atom is -0.496 e. The number of hydrogen-bond donors (Lipinski definition) is 2. The largest absolute Gasteiger partial charge is 0.496 e. The predicted molar refractivity (Wildman–Crippen MR) is 80.8 cm³/mol. The van der Waals surface area contributed by atoms with Gasteiger partial charge < -0.3 is 4.74 Å². The van der Waals surface area contributed by atoms with Gasteiger partial charge in [-0.15, -0.1) is 0 Å². The van der Waals surface area contributed by atoms with E-state index in [1.807, 2.05) is 18.2 Å². The van der Waals surface area contributed by atoms with Crippen LogP contribution in [-0.4, -0.2) is 7.11 Å². The Morgan fingerprint density at radius 3 is 2.57 bits per heavy atom. The third-order valence-corrected chi connectivity index (χ3v) is 3.71. The molecule has 3 nitrogen and oxygen atoms in total. The topological polar surface area (TPSA) is 47.3 Å². The fourth-order valence-corrected chi connectivity index (χ4v) is 2.54. The second-order valence-electron chi connectivity index (χ2n) is 4.55. The SMILES string of the molecule is COc1ccc(Br)cc1CC(NN)c1ccc(F)c(F)c1. The molecule has 2 aromatic rings. The van der Waals surface area contributed by atoms with Crippen LogP contribution < -0.4 is 16.0 Å². The van der Waals surface area contributed by atoms with Gasteiger partial charge in [0.2, 0.25) is 0 Å². The standard InChI is InChI=1S/C15H15BrF2N2O/c1-21-15-5-3-11(16)6-10(15)8-14(20-19)9-2-4-12(17)13(18)7-9/h2-7,14,20H,8,19H2,1H3. The van der Waals surface area contributed by atoms with Gasteiger partial charge in [0, 0.05) is 4.47 Å². The minimum atomic E-state index is -0.894. The number of ether oxygens (including phenoxy) is 1. The molecule has 0 aliphatic heterocycles. The van der Waals surface area contributed by atoms with Crippen molar-refractivity contribution in [2.45, 2.75) is 12.5 Å². The van der Waals surface area contributed by atoms with Crippen molar-refractivity contribution >= 4 is 15.9 Å². The van der Waals surface area contributed by atoms with E-state index >= 15 is 0 Å². The van der Waals surface area contributed by atoms with Gasteiger partial charge in [0.15, 0.2) is 11.6 Å². The maximum atomic E-state index is 13.3. The summed E-state index contributed by atoms with van der Waals surface area (Å²) in [6.07, 6.45) is 0.476. The van der Waals surface area contributed by atoms with Crippen molar-refractivity contribution in [3.63, 3.8) is 0 Å². The normalized spacial score (nSPS) is 12.2. The highest BCUT2D eigenvalue weighted by Crippen LogP contribution is 2.28. The van der Waals surface area contributed by atoms with Gasteiger partial charge in [0.1, 0.15) is 5.75 Å². The number of hydrazine groups is 1. The van der Waals surface area contributed by atoms with E-state index in [-0.39, 0.29) is 6.04 Å². The van der Waals surface area contributed by atoms with Crippen molar-refractivity contribution in [1.82, 2.24) is 5.43 Å². The summed E-state index contributed by atoms with van der Waals surface area (Å²) < 4.78 is 32.6. The van der Waals surface area contributed by atoms with Gasteiger partial charge in [0.05, 0.1) is 13.2 Å². The number of halogens is 3. The summed E-state index contributed by atoms with van der Waals surface area (Å²) in [5, 5.41) is 0. The number of methoxy groups -OCH3 is 1. The lowest BCUT2D eigenvalue weighted by Gasteiger charge is -2.18. The van der Waals surface area contributed by atoms with Crippen LogP contribution in [0.3, 0.4) is 0 Å². The molecule has 0 bridgehead atoms. The maximum Gasteiger partial charge on any atom is 0.159 e. The number of benzene rings is 2. The first kappa shape index (κ1) is 15.9. The van der Waals surface area contributed by atoms with Crippen LogP contribution in [0.4, 0.5) is 8.78 Å². The van der Waals surface area contributed by atoms with Gasteiger partial charge in [-0.25, -0.2) is 8.78 Å².